The zero-order chi connectivity index (χ0) is 23.2. The van der Waals surface area contributed by atoms with E-state index in [0.717, 1.165) is 11.1 Å². The Hall–Kier alpha value is -3.90. The molecule has 0 saturated heterocycles. The molecule has 0 bridgehead atoms. The lowest BCUT2D eigenvalue weighted by Crippen LogP contribution is -2.28. The zero-order valence-corrected chi connectivity index (χ0v) is 18.8. The Morgan fingerprint density at radius 3 is 2.39 bits per heavy atom. The molecule has 0 fully saturated rings. The number of halogens is 1. The van der Waals surface area contributed by atoms with Gasteiger partial charge in [0.05, 0.1) is 17.8 Å². The third-order valence-corrected chi connectivity index (χ3v) is 5.54. The number of carbonyl (C=O) groups excluding carboxylic acids is 1. The molecule has 7 heteroatoms. The highest BCUT2D eigenvalue weighted by molar-refractivity contribution is 6.30. The van der Waals surface area contributed by atoms with Crippen molar-refractivity contribution in [1.82, 2.24) is 9.55 Å². The average Bonchev–Trinajstić information content (AvgIpc) is 2.82. The number of hydrogen-bond donors (Lipinski definition) is 2. The van der Waals surface area contributed by atoms with Crippen LogP contribution in [0, 0.1) is 6.92 Å². The van der Waals surface area contributed by atoms with Crippen LogP contribution in [0.2, 0.25) is 5.02 Å². The molecule has 4 rings (SSSR count). The Labute approximate surface area is 196 Å². The van der Waals surface area contributed by atoms with Crippen LogP contribution in [0.15, 0.2) is 89.9 Å². The number of amides is 1. The van der Waals surface area contributed by atoms with E-state index in [1.165, 1.54) is 6.07 Å². The predicted molar refractivity (Wildman–Crippen MR) is 132 cm³/mol. The van der Waals surface area contributed by atoms with Gasteiger partial charge in [-0.2, -0.15) is 0 Å². The summed E-state index contributed by atoms with van der Waals surface area (Å²) in [6.07, 6.45) is 1.61. The average molecular weight is 459 g/mol. The lowest BCUT2D eigenvalue weighted by Gasteiger charge is -2.19. The molecule has 2 aromatic heterocycles. The monoisotopic (exact) mass is 458 g/mol. The molecule has 0 spiro atoms. The summed E-state index contributed by atoms with van der Waals surface area (Å²) in [5, 5.41) is 6.72. The lowest BCUT2D eigenvalue weighted by atomic mass is 10.1. The van der Waals surface area contributed by atoms with Crippen molar-refractivity contribution in [2.45, 2.75) is 20.0 Å². The molecule has 2 aromatic carbocycles. The Kier molecular flexibility index (Phi) is 6.86. The van der Waals surface area contributed by atoms with Crippen LogP contribution < -0.4 is 16.2 Å². The molecular formula is C26H23ClN4O2. The number of anilines is 2. The van der Waals surface area contributed by atoms with Crippen molar-refractivity contribution >= 4 is 29.0 Å². The minimum atomic E-state index is -0.341. The molecular weight excluding hydrogens is 436 g/mol. The van der Waals surface area contributed by atoms with Crippen LogP contribution in [0.5, 0.6) is 0 Å². The van der Waals surface area contributed by atoms with E-state index in [9.17, 15) is 9.59 Å². The first-order chi connectivity index (χ1) is 16.0. The quantitative estimate of drug-likeness (QED) is 0.403. The molecule has 1 amide bonds. The Balaban J connectivity index is 1.72. The van der Waals surface area contributed by atoms with Crippen LogP contribution in [0.4, 0.5) is 11.5 Å². The van der Waals surface area contributed by atoms with Gasteiger partial charge in [-0.3, -0.25) is 9.59 Å². The molecule has 33 heavy (non-hydrogen) atoms. The van der Waals surface area contributed by atoms with E-state index in [1.54, 1.807) is 48.0 Å². The Bertz CT molecular complexity index is 1300. The van der Waals surface area contributed by atoms with Gasteiger partial charge >= 0.3 is 0 Å². The summed E-state index contributed by atoms with van der Waals surface area (Å²) in [6, 6.07) is 23.8. The maximum atomic E-state index is 13.3. The SMILES string of the molecule is Cc1c(C(=O)Nc2ccccn2)c(NCc2ccccc2)cc(=O)n1Cc1ccc(Cl)cc1. The summed E-state index contributed by atoms with van der Waals surface area (Å²) >= 11 is 5.99. The highest BCUT2D eigenvalue weighted by Crippen LogP contribution is 2.21. The minimum absolute atomic E-state index is 0.201. The molecule has 0 atom stereocenters. The number of aromatic nitrogens is 2. The van der Waals surface area contributed by atoms with Crippen molar-refractivity contribution in [3.05, 3.63) is 123 Å². The summed E-state index contributed by atoms with van der Waals surface area (Å²) < 4.78 is 1.59. The summed E-state index contributed by atoms with van der Waals surface area (Å²) in [6.45, 7) is 2.58. The van der Waals surface area contributed by atoms with Gasteiger partial charge in [0, 0.05) is 29.5 Å². The van der Waals surface area contributed by atoms with Gasteiger partial charge in [0.25, 0.3) is 11.5 Å². The van der Waals surface area contributed by atoms with E-state index in [-0.39, 0.29) is 11.5 Å². The second kappa shape index (κ2) is 10.1. The topological polar surface area (TPSA) is 76.0 Å². The standard InChI is InChI=1S/C26H23ClN4O2/c1-18-25(26(33)30-23-9-5-6-14-28-23)22(29-16-19-7-3-2-4-8-19)15-24(32)31(18)17-20-10-12-21(27)13-11-20/h2-15,29H,16-17H2,1H3,(H,28,30,33). The van der Waals surface area contributed by atoms with Crippen LogP contribution in [0.25, 0.3) is 0 Å². The van der Waals surface area contributed by atoms with Gasteiger partial charge in [-0.15, -0.1) is 0 Å². The smallest absolute Gasteiger partial charge is 0.260 e. The first kappa shape index (κ1) is 22.3. The van der Waals surface area contributed by atoms with Crippen LogP contribution in [-0.4, -0.2) is 15.5 Å². The highest BCUT2D eigenvalue weighted by atomic mass is 35.5. The third-order valence-electron chi connectivity index (χ3n) is 5.28. The highest BCUT2D eigenvalue weighted by Gasteiger charge is 2.20. The van der Waals surface area contributed by atoms with Crippen molar-refractivity contribution in [2.24, 2.45) is 0 Å². The van der Waals surface area contributed by atoms with Crippen molar-refractivity contribution in [3.8, 4) is 0 Å². The van der Waals surface area contributed by atoms with Crippen molar-refractivity contribution in [3.63, 3.8) is 0 Å². The van der Waals surface area contributed by atoms with Crippen LogP contribution >= 0.6 is 11.6 Å². The summed E-state index contributed by atoms with van der Waals surface area (Å²) in [5.74, 6) is 0.0954. The number of rotatable bonds is 7. The minimum Gasteiger partial charge on any atom is -0.380 e. The fourth-order valence-electron chi connectivity index (χ4n) is 3.57. The van der Waals surface area contributed by atoms with E-state index in [0.29, 0.717) is 40.9 Å². The molecule has 4 aromatic rings. The van der Waals surface area contributed by atoms with Crippen LogP contribution in [0.3, 0.4) is 0 Å². The molecule has 2 heterocycles. The largest absolute Gasteiger partial charge is 0.380 e. The van der Waals surface area contributed by atoms with Gasteiger partial charge in [-0.05, 0) is 42.3 Å². The number of benzene rings is 2. The van der Waals surface area contributed by atoms with Gasteiger partial charge in [0.15, 0.2) is 0 Å². The Morgan fingerprint density at radius 1 is 0.970 bits per heavy atom. The molecule has 0 aliphatic rings. The van der Waals surface area contributed by atoms with Crippen molar-refractivity contribution in [2.75, 3.05) is 10.6 Å². The number of nitrogens with zero attached hydrogens (tertiary/aromatic N) is 2. The number of carbonyl (C=O) groups is 1. The van der Waals surface area contributed by atoms with Crippen molar-refractivity contribution in [1.29, 1.82) is 0 Å². The second-order valence-corrected chi connectivity index (χ2v) is 8.01. The molecule has 0 unspecified atom stereocenters. The van der Waals surface area contributed by atoms with Gasteiger partial charge in [-0.1, -0.05) is 60.1 Å². The molecule has 0 aliphatic carbocycles. The predicted octanol–water partition coefficient (Wildman–Crippen LogP) is 5.12. The van der Waals surface area contributed by atoms with E-state index in [4.69, 9.17) is 11.6 Å². The molecule has 6 nitrogen and oxygen atoms in total. The zero-order valence-electron chi connectivity index (χ0n) is 18.1. The van der Waals surface area contributed by atoms with E-state index in [1.807, 2.05) is 42.5 Å². The fraction of sp³-hybridized carbons (Fsp3) is 0.115. The maximum absolute atomic E-state index is 13.3. The van der Waals surface area contributed by atoms with E-state index in [2.05, 4.69) is 15.6 Å². The van der Waals surface area contributed by atoms with Gasteiger partial charge in [0.1, 0.15) is 5.82 Å². The van der Waals surface area contributed by atoms with Crippen molar-refractivity contribution < 1.29 is 4.79 Å². The lowest BCUT2D eigenvalue weighted by molar-refractivity contribution is 0.102. The van der Waals surface area contributed by atoms with Gasteiger partial charge in [0.2, 0.25) is 0 Å². The summed E-state index contributed by atoms with van der Waals surface area (Å²) in [7, 11) is 0. The number of nitrogens with one attached hydrogen (secondary N) is 2. The molecule has 0 saturated carbocycles. The summed E-state index contributed by atoms with van der Waals surface area (Å²) in [4.78, 5) is 30.5. The third kappa shape index (κ3) is 5.48. The van der Waals surface area contributed by atoms with Crippen LogP contribution in [0.1, 0.15) is 27.2 Å². The molecule has 0 radical (unpaired) electrons. The number of hydrogen-bond acceptors (Lipinski definition) is 4. The molecule has 0 aliphatic heterocycles. The first-order valence-corrected chi connectivity index (χ1v) is 10.9. The molecule has 2 N–H and O–H groups in total. The van der Waals surface area contributed by atoms with E-state index < -0.39 is 0 Å². The fourth-order valence-corrected chi connectivity index (χ4v) is 3.70. The van der Waals surface area contributed by atoms with Gasteiger partial charge < -0.3 is 15.2 Å². The number of pyridine rings is 2. The Morgan fingerprint density at radius 2 is 1.70 bits per heavy atom. The van der Waals surface area contributed by atoms with Gasteiger partial charge in [-0.25, -0.2) is 4.98 Å². The first-order valence-electron chi connectivity index (χ1n) is 10.5. The maximum Gasteiger partial charge on any atom is 0.260 e. The van der Waals surface area contributed by atoms with E-state index >= 15 is 0 Å². The second-order valence-electron chi connectivity index (χ2n) is 7.58. The van der Waals surface area contributed by atoms with Crippen LogP contribution in [-0.2, 0) is 13.1 Å². The normalized spacial score (nSPS) is 10.6. The molecule has 166 valence electrons. The summed E-state index contributed by atoms with van der Waals surface area (Å²) in [5.41, 5.74) is 3.17.